The Kier molecular flexibility index (Phi) is 6.48. The van der Waals surface area contributed by atoms with Gasteiger partial charge in [-0.25, -0.2) is 0 Å². The van der Waals surface area contributed by atoms with Crippen molar-refractivity contribution in [3.05, 3.63) is 51.5 Å². The van der Waals surface area contributed by atoms with Crippen molar-refractivity contribution in [3.63, 3.8) is 0 Å². The summed E-state index contributed by atoms with van der Waals surface area (Å²) < 4.78 is 0. The molecule has 3 nitrogen and oxygen atoms in total. The molecule has 0 saturated heterocycles. The Morgan fingerprint density at radius 3 is 2.61 bits per heavy atom. The predicted octanol–water partition coefficient (Wildman–Crippen LogP) is 4.38. The smallest absolute Gasteiger partial charge is 0.195 e. The average molecular weight is 330 g/mol. The van der Waals surface area contributed by atoms with Crippen LogP contribution in [-0.4, -0.2) is 36.3 Å². The number of nitrogens with zero attached hydrogens (tertiary/aromatic N) is 2. The first kappa shape index (κ1) is 17.8. The van der Waals surface area contributed by atoms with Crippen molar-refractivity contribution in [2.75, 3.05) is 20.6 Å². The first-order valence-electron chi connectivity index (χ1n) is 8.20. The van der Waals surface area contributed by atoms with E-state index in [1.165, 1.54) is 0 Å². The van der Waals surface area contributed by atoms with Crippen LogP contribution in [0.4, 0.5) is 0 Å². The number of carbonyl (C=O) groups is 1. The molecule has 0 unspecified atom stereocenters. The van der Waals surface area contributed by atoms with Crippen LogP contribution >= 0.6 is 11.3 Å². The minimum absolute atomic E-state index is 0.0941. The van der Waals surface area contributed by atoms with Crippen molar-refractivity contribution >= 4 is 17.1 Å². The highest BCUT2D eigenvalue weighted by Gasteiger charge is 2.16. The monoisotopic (exact) mass is 330 g/mol. The maximum absolute atomic E-state index is 12.7. The average Bonchev–Trinajstić information content (AvgIpc) is 3.04. The molecule has 0 N–H and O–H groups in total. The van der Waals surface area contributed by atoms with Gasteiger partial charge in [-0.3, -0.25) is 9.78 Å². The van der Waals surface area contributed by atoms with Gasteiger partial charge in [-0.2, -0.15) is 11.3 Å². The summed E-state index contributed by atoms with van der Waals surface area (Å²) >= 11 is 1.55. The molecule has 4 heteroatoms. The minimum Gasteiger partial charge on any atom is -0.309 e. The van der Waals surface area contributed by atoms with Crippen LogP contribution in [0.5, 0.6) is 0 Å². The van der Waals surface area contributed by atoms with Crippen molar-refractivity contribution in [1.82, 2.24) is 9.88 Å². The summed E-state index contributed by atoms with van der Waals surface area (Å²) in [5, 5.41) is 3.86. The third-order valence-corrected chi connectivity index (χ3v) is 4.57. The Balaban J connectivity index is 2.20. The molecule has 2 aromatic rings. The van der Waals surface area contributed by atoms with E-state index < -0.39 is 0 Å². The fourth-order valence-corrected chi connectivity index (χ4v) is 3.14. The Labute approximate surface area is 143 Å². The van der Waals surface area contributed by atoms with Crippen molar-refractivity contribution in [1.29, 1.82) is 0 Å². The van der Waals surface area contributed by atoms with Crippen LogP contribution < -0.4 is 0 Å². The summed E-state index contributed by atoms with van der Waals surface area (Å²) in [4.78, 5) is 19.7. The van der Waals surface area contributed by atoms with Crippen LogP contribution in [0.15, 0.2) is 29.0 Å². The van der Waals surface area contributed by atoms with E-state index in [4.69, 9.17) is 4.98 Å². The van der Waals surface area contributed by atoms with Crippen molar-refractivity contribution in [2.24, 2.45) is 0 Å². The number of aromatic nitrogens is 1. The van der Waals surface area contributed by atoms with Gasteiger partial charge in [-0.1, -0.05) is 13.8 Å². The molecule has 0 fully saturated rings. The zero-order valence-corrected chi connectivity index (χ0v) is 15.3. The van der Waals surface area contributed by atoms with E-state index in [9.17, 15) is 4.79 Å². The van der Waals surface area contributed by atoms with Crippen LogP contribution in [0, 0.1) is 0 Å². The minimum atomic E-state index is 0.0941. The molecule has 0 aliphatic rings. The summed E-state index contributed by atoms with van der Waals surface area (Å²) in [6.45, 7) is 5.34. The molecule has 2 aromatic heterocycles. The van der Waals surface area contributed by atoms with Gasteiger partial charge in [0.25, 0.3) is 0 Å². The van der Waals surface area contributed by atoms with Crippen molar-refractivity contribution in [2.45, 2.75) is 39.0 Å². The molecule has 0 aliphatic carbocycles. The molecule has 0 radical (unpaired) electrons. The number of unbranched alkanes of at least 4 members (excludes halogenated alkanes) is 1. The van der Waals surface area contributed by atoms with Gasteiger partial charge in [0.05, 0.1) is 5.69 Å². The van der Waals surface area contributed by atoms with Gasteiger partial charge >= 0.3 is 0 Å². The Morgan fingerprint density at radius 2 is 2.00 bits per heavy atom. The second kappa shape index (κ2) is 8.37. The van der Waals surface area contributed by atoms with Gasteiger partial charge in [-0.05, 0) is 69.4 Å². The van der Waals surface area contributed by atoms with Crippen molar-refractivity contribution < 1.29 is 4.79 Å². The van der Waals surface area contributed by atoms with E-state index in [-0.39, 0.29) is 5.78 Å². The molecule has 0 aromatic carbocycles. The molecule has 0 atom stereocenters. The van der Waals surface area contributed by atoms with Crippen LogP contribution in [0.1, 0.15) is 59.9 Å². The molecule has 0 aliphatic heterocycles. The van der Waals surface area contributed by atoms with E-state index in [2.05, 4.69) is 32.8 Å². The fourth-order valence-electron chi connectivity index (χ4n) is 2.51. The predicted molar refractivity (Wildman–Crippen MR) is 97.6 cm³/mol. The number of ketones is 1. The summed E-state index contributed by atoms with van der Waals surface area (Å²) in [5.74, 6) is 0.470. The Hall–Kier alpha value is -1.52. The maximum Gasteiger partial charge on any atom is 0.195 e. The van der Waals surface area contributed by atoms with Gasteiger partial charge in [0.1, 0.15) is 0 Å². The highest BCUT2D eigenvalue weighted by atomic mass is 32.1. The standard InChI is InChI=1S/C19H26N2OS/c1-14(2)17-9-8-16(19(22)15-10-12-23-13-15)18(20-17)7-5-6-11-21(3)4/h8-10,12-14H,5-7,11H2,1-4H3. The third-order valence-electron chi connectivity index (χ3n) is 3.88. The van der Waals surface area contributed by atoms with Crippen molar-refractivity contribution in [3.8, 4) is 0 Å². The third kappa shape index (κ3) is 4.98. The fraction of sp³-hybridized carbons (Fsp3) is 0.474. The van der Waals surface area contributed by atoms with Gasteiger partial charge in [0.15, 0.2) is 5.78 Å². The van der Waals surface area contributed by atoms with Gasteiger partial charge in [0.2, 0.25) is 0 Å². The lowest BCUT2D eigenvalue weighted by Gasteiger charge is -2.13. The first-order valence-corrected chi connectivity index (χ1v) is 9.14. The molecule has 0 amide bonds. The van der Waals surface area contributed by atoms with E-state index >= 15 is 0 Å². The molecule has 124 valence electrons. The lowest BCUT2D eigenvalue weighted by molar-refractivity contribution is 0.103. The molecule has 0 bridgehead atoms. The number of carbonyl (C=O) groups excluding carboxylic acids is 1. The summed E-state index contributed by atoms with van der Waals surface area (Å²) in [6, 6.07) is 5.84. The number of pyridine rings is 1. The van der Waals surface area contributed by atoms with Gasteiger partial charge in [0, 0.05) is 22.2 Å². The zero-order chi connectivity index (χ0) is 16.8. The largest absolute Gasteiger partial charge is 0.309 e. The lowest BCUT2D eigenvalue weighted by Crippen LogP contribution is -2.14. The summed E-state index contributed by atoms with van der Waals surface area (Å²) in [6.07, 6.45) is 3.03. The summed E-state index contributed by atoms with van der Waals surface area (Å²) in [7, 11) is 4.17. The van der Waals surface area contributed by atoms with E-state index in [0.717, 1.165) is 48.3 Å². The van der Waals surface area contributed by atoms with Crippen LogP contribution in [0.2, 0.25) is 0 Å². The SMILES string of the molecule is CC(C)c1ccc(C(=O)c2ccsc2)c(CCCCN(C)C)n1. The molecule has 2 heterocycles. The highest BCUT2D eigenvalue weighted by Crippen LogP contribution is 2.20. The molecule has 2 rings (SSSR count). The number of hydrogen-bond acceptors (Lipinski definition) is 4. The second-order valence-electron chi connectivity index (χ2n) is 6.49. The van der Waals surface area contributed by atoms with E-state index in [0.29, 0.717) is 5.92 Å². The normalized spacial score (nSPS) is 11.4. The highest BCUT2D eigenvalue weighted by molar-refractivity contribution is 7.08. The number of rotatable bonds is 8. The molecule has 0 saturated carbocycles. The quantitative estimate of drug-likeness (QED) is 0.532. The van der Waals surface area contributed by atoms with E-state index in [1.807, 2.05) is 29.0 Å². The zero-order valence-electron chi connectivity index (χ0n) is 14.5. The maximum atomic E-state index is 12.7. The van der Waals surface area contributed by atoms with Crippen LogP contribution in [-0.2, 0) is 6.42 Å². The topological polar surface area (TPSA) is 33.2 Å². The molecular formula is C19H26N2OS. The number of aryl methyl sites for hydroxylation is 1. The van der Waals surface area contributed by atoms with Crippen LogP contribution in [0.25, 0.3) is 0 Å². The van der Waals surface area contributed by atoms with Gasteiger partial charge in [-0.15, -0.1) is 0 Å². The Morgan fingerprint density at radius 1 is 1.22 bits per heavy atom. The molecular weight excluding hydrogens is 304 g/mol. The van der Waals surface area contributed by atoms with Gasteiger partial charge < -0.3 is 4.90 Å². The first-order chi connectivity index (χ1) is 11.0. The Bertz CT molecular complexity index is 633. The molecule has 23 heavy (non-hydrogen) atoms. The number of hydrogen-bond donors (Lipinski definition) is 0. The summed E-state index contributed by atoms with van der Waals surface area (Å²) in [5.41, 5.74) is 3.54. The second-order valence-corrected chi connectivity index (χ2v) is 7.27. The van der Waals surface area contributed by atoms with E-state index in [1.54, 1.807) is 11.3 Å². The lowest BCUT2D eigenvalue weighted by atomic mass is 9.99. The van der Waals surface area contributed by atoms with Crippen LogP contribution in [0.3, 0.4) is 0 Å². The number of thiophene rings is 1. The molecule has 0 spiro atoms.